The average Bonchev–Trinajstić information content (AvgIpc) is 3.11. The third-order valence-electron chi connectivity index (χ3n) is 5.59. The van der Waals surface area contributed by atoms with Crippen molar-refractivity contribution in [2.45, 2.75) is 26.3 Å². The zero-order chi connectivity index (χ0) is 19.1. The summed E-state index contributed by atoms with van der Waals surface area (Å²) in [6.45, 7) is 4.57. The maximum Gasteiger partial charge on any atom is 0.261 e. The number of aryl methyl sites for hydroxylation is 1. The molecule has 0 aliphatic carbocycles. The first-order valence-corrected chi connectivity index (χ1v) is 9.69. The summed E-state index contributed by atoms with van der Waals surface area (Å²) >= 11 is 0. The zero-order valence-electron chi connectivity index (χ0n) is 15.8. The van der Waals surface area contributed by atoms with Gasteiger partial charge >= 0.3 is 0 Å². The summed E-state index contributed by atoms with van der Waals surface area (Å²) in [6, 6.07) is 9.61. The van der Waals surface area contributed by atoms with Crippen molar-refractivity contribution in [3.8, 4) is 0 Å². The molecule has 0 unspecified atom stereocenters. The molecule has 5 rings (SSSR count). The minimum atomic E-state index is 0.0502. The Labute approximate surface area is 162 Å². The van der Waals surface area contributed by atoms with Crippen molar-refractivity contribution in [1.82, 2.24) is 24.1 Å². The van der Waals surface area contributed by atoms with Gasteiger partial charge in [0.15, 0.2) is 5.82 Å². The van der Waals surface area contributed by atoms with Crippen molar-refractivity contribution in [3.05, 3.63) is 65.1 Å². The largest absolute Gasteiger partial charge is 0.355 e. The van der Waals surface area contributed by atoms with E-state index in [1.807, 2.05) is 41.9 Å². The summed E-state index contributed by atoms with van der Waals surface area (Å²) in [6.07, 6.45) is 7.43. The predicted octanol–water partition coefficient (Wildman–Crippen LogP) is 2.66. The van der Waals surface area contributed by atoms with E-state index in [1.165, 1.54) is 0 Å². The van der Waals surface area contributed by atoms with Crippen LogP contribution < -0.4 is 10.5 Å². The molecule has 0 spiro atoms. The molecule has 3 aromatic heterocycles. The number of hydrogen-bond donors (Lipinski definition) is 0. The molecule has 0 N–H and O–H groups in total. The summed E-state index contributed by atoms with van der Waals surface area (Å²) in [5.41, 5.74) is 2.85. The van der Waals surface area contributed by atoms with Crippen LogP contribution in [0.1, 0.15) is 18.5 Å². The number of rotatable bonds is 3. The van der Waals surface area contributed by atoms with Gasteiger partial charge in [-0.2, -0.15) is 5.10 Å². The van der Waals surface area contributed by atoms with E-state index in [4.69, 9.17) is 0 Å². The van der Waals surface area contributed by atoms with Crippen LogP contribution in [-0.4, -0.2) is 37.2 Å². The van der Waals surface area contributed by atoms with Crippen LogP contribution in [0.25, 0.3) is 16.4 Å². The van der Waals surface area contributed by atoms with Gasteiger partial charge in [0.25, 0.3) is 5.56 Å². The van der Waals surface area contributed by atoms with Gasteiger partial charge in [0.2, 0.25) is 0 Å². The Bertz CT molecular complexity index is 1200. The lowest BCUT2D eigenvalue weighted by Crippen LogP contribution is -2.37. The molecular formula is C21H22N6O. The third kappa shape index (κ3) is 2.93. The van der Waals surface area contributed by atoms with Crippen LogP contribution in [0.5, 0.6) is 0 Å². The van der Waals surface area contributed by atoms with Crippen molar-refractivity contribution in [3.63, 3.8) is 0 Å². The average molecular weight is 374 g/mol. The fourth-order valence-electron chi connectivity index (χ4n) is 4.12. The lowest BCUT2D eigenvalue weighted by Gasteiger charge is -2.33. The zero-order valence-corrected chi connectivity index (χ0v) is 15.8. The van der Waals surface area contributed by atoms with Crippen LogP contribution in [-0.2, 0) is 6.54 Å². The quantitative estimate of drug-likeness (QED) is 0.551. The highest BCUT2D eigenvalue weighted by Crippen LogP contribution is 2.26. The Morgan fingerprint density at radius 2 is 1.96 bits per heavy atom. The molecule has 0 bridgehead atoms. The van der Waals surface area contributed by atoms with Gasteiger partial charge in [0, 0.05) is 32.0 Å². The van der Waals surface area contributed by atoms with Gasteiger partial charge in [0.1, 0.15) is 5.52 Å². The minimum Gasteiger partial charge on any atom is -0.355 e. The summed E-state index contributed by atoms with van der Waals surface area (Å²) < 4.78 is 3.66. The lowest BCUT2D eigenvalue weighted by atomic mass is 9.96. The highest BCUT2D eigenvalue weighted by atomic mass is 16.1. The highest BCUT2D eigenvalue weighted by molar-refractivity contribution is 5.76. The van der Waals surface area contributed by atoms with E-state index in [9.17, 15) is 4.79 Å². The number of piperidine rings is 1. The van der Waals surface area contributed by atoms with Crippen molar-refractivity contribution >= 4 is 22.2 Å². The van der Waals surface area contributed by atoms with E-state index in [-0.39, 0.29) is 5.56 Å². The van der Waals surface area contributed by atoms with Crippen LogP contribution in [0.15, 0.2) is 53.8 Å². The van der Waals surface area contributed by atoms with Crippen molar-refractivity contribution in [1.29, 1.82) is 0 Å². The second-order valence-corrected chi connectivity index (χ2v) is 7.52. The first-order chi connectivity index (χ1) is 13.7. The third-order valence-corrected chi connectivity index (χ3v) is 5.59. The summed E-state index contributed by atoms with van der Waals surface area (Å²) in [5.74, 6) is 1.45. The van der Waals surface area contributed by atoms with Crippen LogP contribution in [0.2, 0.25) is 0 Å². The monoisotopic (exact) mass is 374 g/mol. The van der Waals surface area contributed by atoms with Crippen molar-refractivity contribution < 1.29 is 0 Å². The van der Waals surface area contributed by atoms with Gasteiger partial charge in [-0.1, -0.05) is 12.1 Å². The Morgan fingerprint density at radius 3 is 2.82 bits per heavy atom. The first kappa shape index (κ1) is 16.9. The molecule has 7 nitrogen and oxygen atoms in total. The fraction of sp³-hybridized carbons (Fsp3) is 0.333. The molecule has 142 valence electrons. The molecule has 0 amide bonds. The Balaban J connectivity index is 1.32. The molecule has 1 aliphatic rings. The second-order valence-electron chi connectivity index (χ2n) is 7.52. The van der Waals surface area contributed by atoms with Crippen molar-refractivity contribution in [2.24, 2.45) is 5.92 Å². The van der Waals surface area contributed by atoms with Gasteiger partial charge in [-0.05, 0) is 43.9 Å². The van der Waals surface area contributed by atoms with Crippen LogP contribution >= 0.6 is 0 Å². The Kier molecular flexibility index (Phi) is 4.07. The number of aromatic nitrogens is 5. The smallest absolute Gasteiger partial charge is 0.261 e. The number of anilines is 1. The lowest BCUT2D eigenvalue weighted by molar-refractivity contribution is 0.351. The van der Waals surface area contributed by atoms with Gasteiger partial charge in [0.05, 0.1) is 22.9 Å². The topological polar surface area (TPSA) is 68.3 Å². The molecule has 0 radical (unpaired) electrons. The summed E-state index contributed by atoms with van der Waals surface area (Å²) in [5, 5.41) is 5.17. The molecule has 0 saturated carbocycles. The SMILES string of the molecule is Cc1cc2c(N3CCC(Cn4cnc5ccccc5c4=O)CC3)nccn2n1. The van der Waals surface area contributed by atoms with E-state index in [0.29, 0.717) is 17.8 Å². The van der Waals surface area contributed by atoms with E-state index in [2.05, 4.69) is 26.0 Å². The molecule has 1 fully saturated rings. The maximum absolute atomic E-state index is 12.7. The summed E-state index contributed by atoms with van der Waals surface area (Å²) in [4.78, 5) is 24.1. The first-order valence-electron chi connectivity index (χ1n) is 9.69. The number of nitrogens with zero attached hydrogens (tertiary/aromatic N) is 6. The molecule has 28 heavy (non-hydrogen) atoms. The van der Waals surface area contributed by atoms with Crippen LogP contribution in [0, 0.1) is 12.8 Å². The fourth-order valence-corrected chi connectivity index (χ4v) is 4.12. The Hall–Kier alpha value is -3.22. The molecule has 1 saturated heterocycles. The minimum absolute atomic E-state index is 0.0502. The van der Waals surface area contributed by atoms with Gasteiger partial charge < -0.3 is 4.90 Å². The summed E-state index contributed by atoms with van der Waals surface area (Å²) in [7, 11) is 0. The van der Waals surface area contributed by atoms with E-state index >= 15 is 0 Å². The van der Waals surface area contributed by atoms with Crippen molar-refractivity contribution in [2.75, 3.05) is 18.0 Å². The second kappa shape index (κ2) is 6.74. The van der Waals surface area contributed by atoms with Gasteiger partial charge in [-0.25, -0.2) is 14.5 Å². The molecule has 1 aliphatic heterocycles. The number of hydrogen-bond acceptors (Lipinski definition) is 5. The standard InChI is InChI=1S/C21H22N6O/c1-15-12-19-20(22-8-11-27(19)24-15)25-9-6-16(7-10-25)13-26-14-23-18-5-3-2-4-17(18)21(26)28/h2-5,8,11-12,14,16H,6-7,9-10,13H2,1H3. The molecular weight excluding hydrogens is 352 g/mol. The normalized spacial score (nSPS) is 15.5. The van der Waals surface area contributed by atoms with E-state index in [1.54, 1.807) is 17.1 Å². The van der Waals surface area contributed by atoms with Gasteiger partial charge in [-0.15, -0.1) is 0 Å². The van der Waals surface area contributed by atoms with Crippen LogP contribution in [0.4, 0.5) is 5.82 Å². The molecule has 4 aromatic rings. The molecule has 7 heteroatoms. The van der Waals surface area contributed by atoms with E-state index in [0.717, 1.165) is 48.5 Å². The number of fused-ring (bicyclic) bond motifs is 2. The predicted molar refractivity (Wildman–Crippen MR) is 109 cm³/mol. The molecule has 1 aromatic carbocycles. The Morgan fingerprint density at radius 1 is 1.14 bits per heavy atom. The van der Waals surface area contributed by atoms with Gasteiger partial charge in [-0.3, -0.25) is 9.36 Å². The van der Waals surface area contributed by atoms with Crippen LogP contribution in [0.3, 0.4) is 0 Å². The maximum atomic E-state index is 12.7. The number of benzene rings is 1. The highest BCUT2D eigenvalue weighted by Gasteiger charge is 2.23. The number of para-hydroxylation sites is 1. The van der Waals surface area contributed by atoms with E-state index < -0.39 is 0 Å². The molecule has 4 heterocycles. The molecule has 0 atom stereocenters.